The molecule has 0 saturated heterocycles. The molecule has 0 fully saturated rings. The largest absolute Gasteiger partial charge is 0.508 e. The number of phenols is 1. The highest BCUT2D eigenvalue weighted by Crippen LogP contribution is 2.29. The van der Waals surface area contributed by atoms with E-state index >= 15 is 0 Å². The fraction of sp³-hybridized carbons (Fsp3) is 0.235. The Morgan fingerprint density at radius 3 is 2.52 bits per heavy atom. The Hall–Kier alpha value is -2.49. The van der Waals surface area contributed by atoms with Gasteiger partial charge in [0.15, 0.2) is 6.04 Å². The summed E-state index contributed by atoms with van der Waals surface area (Å²) in [5.74, 6) is -0.348. The molecule has 0 aliphatic heterocycles. The number of ether oxygens (including phenoxy) is 1. The lowest BCUT2D eigenvalue weighted by Crippen LogP contribution is -2.23. The highest BCUT2D eigenvalue weighted by Gasteiger charge is 2.24. The Balaban J connectivity index is 2.36. The SMILES string of the molecule is CCOC(=O)C(Nc1ccccc1C)c1ccccc1O. The van der Waals surface area contributed by atoms with Crippen molar-refractivity contribution < 1.29 is 14.6 Å². The van der Waals surface area contributed by atoms with Crippen molar-refractivity contribution in [3.63, 3.8) is 0 Å². The van der Waals surface area contributed by atoms with Crippen LogP contribution < -0.4 is 5.32 Å². The highest BCUT2D eigenvalue weighted by atomic mass is 16.5. The molecule has 4 heteroatoms. The van der Waals surface area contributed by atoms with Crippen LogP contribution in [0.1, 0.15) is 24.1 Å². The van der Waals surface area contributed by atoms with Gasteiger partial charge in [-0.1, -0.05) is 36.4 Å². The summed E-state index contributed by atoms with van der Waals surface area (Å²) >= 11 is 0. The molecular formula is C17H19NO3. The number of rotatable bonds is 5. The number of carbonyl (C=O) groups is 1. The first-order chi connectivity index (χ1) is 10.1. The number of benzene rings is 2. The van der Waals surface area contributed by atoms with Crippen LogP contribution >= 0.6 is 0 Å². The van der Waals surface area contributed by atoms with E-state index in [0.717, 1.165) is 11.3 Å². The molecule has 2 N–H and O–H groups in total. The van der Waals surface area contributed by atoms with Crippen molar-refractivity contribution in [3.05, 3.63) is 59.7 Å². The molecule has 0 aromatic heterocycles. The lowest BCUT2D eigenvalue weighted by Gasteiger charge is -2.20. The lowest BCUT2D eigenvalue weighted by atomic mass is 10.0. The van der Waals surface area contributed by atoms with E-state index in [1.165, 1.54) is 0 Å². The first-order valence-corrected chi connectivity index (χ1v) is 6.90. The second-order valence-corrected chi connectivity index (χ2v) is 4.70. The van der Waals surface area contributed by atoms with Crippen molar-refractivity contribution in [1.82, 2.24) is 0 Å². The Bertz CT molecular complexity index is 625. The van der Waals surface area contributed by atoms with Crippen molar-refractivity contribution in [1.29, 1.82) is 0 Å². The molecule has 0 bridgehead atoms. The van der Waals surface area contributed by atoms with E-state index in [9.17, 15) is 9.90 Å². The van der Waals surface area contributed by atoms with Crippen LogP contribution in [-0.4, -0.2) is 17.7 Å². The summed E-state index contributed by atoms with van der Waals surface area (Å²) < 4.78 is 5.11. The van der Waals surface area contributed by atoms with Gasteiger partial charge in [0.2, 0.25) is 0 Å². The van der Waals surface area contributed by atoms with Gasteiger partial charge in [-0.25, -0.2) is 4.79 Å². The van der Waals surface area contributed by atoms with Crippen LogP contribution in [0.2, 0.25) is 0 Å². The number of anilines is 1. The van der Waals surface area contributed by atoms with E-state index in [1.807, 2.05) is 31.2 Å². The minimum atomic E-state index is -0.743. The number of hydrogen-bond donors (Lipinski definition) is 2. The zero-order chi connectivity index (χ0) is 15.2. The third-order valence-electron chi connectivity index (χ3n) is 3.21. The maximum absolute atomic E-state index is 12.2. The first kappa shape index (κ1) is 14.9. The molecule has 2 aromatic carbocycles. The molecule has 0 aliphatic rings. The summed E-state index contributed by atoms with van der Waals surface area (Å²) in [5, 5.41) is 13.2. The minimum Gasteiger partial charge on any atom is -0.508 e. The van der Waals surface area contributed by atoms with Crippen LogP contribution in [0.5, 0.6) is 5.75 Å². The van der Waals surface area contributed by atoms with Crippen LogP contribution in [0, 0.1) is 6.92 Å². The van der Waals surface area contributed by atoms with Gasteiger partial charge in [0.05, 0.1) is 6.61 Å². The average Bonchev–Trinajstić information content (AvgIpc) is 2.48. The molecule has 2 aromatic rings. The van der Waals surface area contributed by atoms with Crippen molar-refractivity contribution in [2.45, 2.75) is 19.9 Å². The van der Waals surface area contributed by atoms with Gasteiger partial charge in [0, 0.05) is 11.3 Å². The number of nitrogens with one attached hydrogen (secondary N) is 1. The molecule has 110 valence electrons. The van der Waals surface area contributed by atoms with Crippen molar-refractivity contribution in [2.75, 3.05) is 11.9 Å². The van der Waals surface area contributed by atoms with Gasteiger partial charge in [-0.05, 0) is 31.5 Å². The van der Waals surface area contributed by atoms with Crippen LogP contribution in [0.3, 0.4) is 0 Å². The van der Waals surface area contributed by atoms with E-state index in [1.54, 1.807) is 31.2 Å². The van der Waals surface area contributed by atoms with Gasteiger partial charge in [-0.2, -0.15) is 0 Å². The molecule has 1 unspecified atom stereocenters. The van der Waals surface area contributed by atoms with Gasteiger partial charge in [-0.3, -0.25) is 0 Å². The Morgan fingerprint density at radius 1 is 1.19 bits per heavy atom. The zero-order valence-corrected chi connectivity index (χ0v) is 12.2. The number of carbonyl (C=O) groups excluding carboxylic acids is 1. The Kier molecular flexibility index (Phi) is 4.82. The van der Waals surface area contributed by atoms with Crippen molar-refractivity contribution in [3.8, 4) is 5.75 Å². The molecule has 4 nitrogen and oxygen atoms in total. The molecule has 0 saturated carbocycles. The summed E-state index contributed by atoms with van der Waals surface area (Å²) in [4.78, 5) is 12.2. The monoisotopic (exact) mass is 285 g/mol. The smallest absolute Gasteiger partial charge is 0.333 e. The van der Waals surface area contributed by atoms with Gasteiger partial charge in [-0.15, -0.1) is 0 Å². The van der Waals surface area contributed by atoms with E-state index in [0.29, 0.717) is 12.2 Å². The van der Waals surface area contributed by atoms with Gasteiger partial charge < -0.3 is 15.2 Å². The fourth-order valence-corrected chi connectivity index (χ4v) is 2.11. The normalized spacial score (nSPS) is 11.7. The molecule has 0 spiro atoms. The van der Waals surface area contributed by atoms with Gasteiger partial charge in [0.1, 0.15) is 5.75 Å². The second-order valence-electron chi connectivity index (χ2n) is 4.70. The lowest BCUT2D eigenvalue weighted by molar-refractivity contribution is -0.144. The topological polar surface area (TPSA) is 58.6 Å². The maximum Gasteiger partial charge on any atom is 0.333 e. The number of phenolic OH excluding ortho intramolecular Hbond substituents is 1. The summed E-state index contributed by atoms with van der Waals surface area (Å²) in [6.07, 6.45) is 0. The molecule has 0 radical (unpaired) electrons. The third kappa shape index (κ3) is 3.54. The average molecular weight is 285 g/mol. The van der Waals surface area contributed by atoms with Crippen molar-refractivity contribution in [2.24, 2.45) is 0 Å². The Labute approximate surface area is 124 Å². The van der Waals surface area contributed by atoms with Crippen molar-refractivity contribution >= 4 is 11.7 Å². The van der Waals surface area contributed by atoms with Gasteiger partial charge >= 0.3 is 5.97 Å². The molecule has 0 amide bonds. The standard InChI is InChI=1S/C17H19NO3/c1-3-21-17(20)16(13-9-5-7-11-15(13)19)18-14-10-6-4-8-12(14)2/h4-11,16,18-19H,3H2,1-2H3. The number of para-hydroxylation sites is 2. The number of hydrogen-bond acceptors (Lipinski definition) is 4. The summed E-state index contributed by atoms with van der Waals surface area (Å²) in [6.45, 7) is 4.00. The zero-order valence-electron chi connectivity index (χ0n) is 12.2. The van der Waals surface area contributed by atoms with E-state index in [4.69, 9.17) is 4.74 Å². The summed E-state index contributed by atoms with van der Waals surface area (Å²) in [5.41, 5.74) is 2.35. The molecule has 0 heterocycles. The predicted molar refractivity (Wildman–Crippen MR) is 82.3 cm³/mol. The molecule has 2 rings (SSSR count). The van der Waals surface area contributed by atoms with E-state index < -0.39 is 12.0 Å². The van der Waals surface area contributed by atoms with Crippen LogP contribution in [0.15, 0.2) is 48.5 Å². The Morgan fingerprint density at radius 2 is 1.86 bits per heavy atom. The van der Waals surface area contributed by atoms with Gasteiger partial charge in [0.25, 0.3) is 0 Å². The number of aryl methyl sites for hydroxylation is 1. The fourth-order valence-electron chi connectivity index (χ4n) is 2.11. The van der Waals surface area contributed by atoms with Crippen LogP contribution in [-0.2, 0) is 9.53 Å². The summed E-state index contributed by atoms with van der Waals surface area (Å²) in [6, 6.07) is 13.7. The highest BCUT2D eigenvalue weighted by molar-refractivity contribution is 5.82. The summed E-state index contributed by atoms with van der Waals surface area (Å²) in [7, 11) is 0. The van der Waals surface area contributed by atoms with E-state index in [2.05, 4.69) is 5.32 Å². The minimum absolute atomic E-state index is 0.0663. The molecule has 0 aliphatic carbocycles. The molecule has 1 atom stereocenters. The third-order valence-corrected chi connectivity index (χ3v) is 3.21. The molecular weight excluding hydrogens is 266 g/mol. The maximum atomic E-state index is 12.2. The van der Waals surface area contributed by atoms with E-state index in [-0.39, 0.29) is 5.75 Å². The first-order valence-electron chi connectivity index (χ1n) is 6.90. The van der Waals surface area contributed by atoms with Crippen LogP contribution in [0.25, 0.3) is 0 Å². The van der Waals surface area contributed by atoms with Crippen LogP contribution in [0.4, 0.5) is 5.69 Å². The second kappa shape index (κ2) is 6.79. The number of aromatic hydroxyl groups is 1. The quantitative estimate of drug-likeness (QED) is 0.826. The predicted octanol–water partition coefficient (Wildman–Crippen LogP) is 3.42. The number of esters is 1. The molecule has 21 heavy (non-hydrogen) atoms.